The number of likely N-dealkylation sites (tertiary alicyclic amines) is 1. The van der Waals surface area contributed by atoms with Crippen LogP contribution in [0.5, 0.6) is 0 Å². The van der Waals surface area contributed by atoms with Crippen molar-refractivity contribution in [2.45, 2.75) is 57.0 Å². The number of carboxylic acids is 1. The van der Waals surface area contributed by atoms with Gasteiger partial charge in [0.25, 0.3) is 0 Å². The molecule has 1 saturated carbocycles. The maximum atomic E-state index is 12.6. The molecule has 25 heavy (non-hydrogen) atoms. The lowest BCUT2D eigenvalue weighted by molar-refractivity contribution is -0.137. The summed E-state index contributed by atoms with van der Waals surface area (Å²) in [6.07, 6.45) is 6.25. The molecule has 2 heterocycles. The van der Waals surface area contributed by atoms with E-state index in [9.17, 15) is 14.7 Å². The molecule has 1 aliphatic carbocycles. The standard InChI is InChI=1S/C19H23N3O3/c23-17-10-13(11-21(17)14-6-2-1-3-7-14)19-20-15-8-4-5-9-16(15)22(19)12-18(24)25/h4-5,8-9,13-14H,1-3,6-7,10-12H2,(H,24,25)/t13-/m1/s1. The van der Waals surface area contributed by atoms with Crippen LogP contribution in [-0.4, -0.2) is 44.0 Å². The number of aromatic nitrogens is 2. The van der Waals surface area contributed by atoms with Crippen LogP contribution in [0, 0.1) is 0 Å². The molecule has 0 radical (unpaired) electrons. The normalized spacial score (nSPS) is 22.0. The van der Waals surface area contributed by atoms with Gasteiger partial charge in [0, 0.05) is 24.9 Å². The number of fused-ring (bicyclic) bond motifs is 1. The Morgan fingerprint density at radius 3 is 2.72 bits per heavy atom. The molecule has 0 unspecified atom stereocenters. The fourth-order valence-electron chi connectivity index (χ4n) is 4.36. The average Bonchev–Trinajstić information content (AvgIpc) is 3.16. The molecular formula is C19H23N3O3. The van der Waals surface area contributed by atoms with Crippen LogP contribution in [0.4, 0.5) is 0 Å². The number of carboxylic acid groups (broad SMARTS) is 1. The number of hydrogen-bond donors (Lipinski definition) is 1. The first-order valence-electron chi connectivity index (χ1n) is 9.10. The van der Waals surface area contributed by atoms with E-state index in [-0.39, 0.29) is 18.4 Å². The van der Waals surface area contributed by atoms with Crippen molar-refractivity contribution in [3.63, 3.8) is 0 Å². The van der Waals surface area contributed by atoms with Gasteiger partial charge in [-0.2, -0.15) is 0 Å². The zero-order chi connectivity index (χ0) is 17.4. The highest BCUT2D eigenvalue weighted by Crippen LogP contribution is 2.34. The molecule has 1 saturated heterocycles. The predicted octanol–water partition coefficient (Wildman–Crippen LogP) is 2.77. The lowest BCUT2D eigenvalue weighted by Crippen LogP contribution is -2.37. The van der Waals surface area contributed by atoms with E-state index in [1.54, 1.807) is 4.57 Å². The van der Waals surface area contributed by atoms with E-state index < -0.39 is 5.97 Å². The second-order valence-corrected chi connectivity index (χ2v) is 7.18. The highest BCUT2D eigenvalue weighted by Gasteiger charge is 2.37. The summed E-state index contributed by atoms with van der Waals surface area (Å²) < 4.78 is 1.76. The Kier molecular flexibility index (Phi) is 4.19. The van der Waals surface area contributed by atoms with E-state index in [4.69, 9.17) is 0 Å². The van der Waals surface area contributed by atoms with Crippen LogP contribution in [-0.2, 0) is 16.1 Å². The summed E-state index contributed by atoms with van der Waals surface area (Å²) in [7, 11) is 0. The van der Waals surface area contributed by atoms with Crippen molar-refractivity contribution in [2.24, 2.45) is 0 Å². The zero-order valence-corrected chi connectivity index (χ0v) is 14.2. The van der Waals surface area contributed by atoms with Crippen molar-refractivity contribution >= 4 is 22.9 Å². The van der Waals surface area contributed by atoms with Gasteiger partial charge >= 0.3 is 5.97 Å². The summed E-state index contributed by atoms with van der Waals surface area (Å²) in [6.45, 7) is 0.538. The van der Waals surface area contributed by atoms with Crippen LogP contribution < -0.4 is 0 Å². The van der Waals surface area contributed by atoms with Crippen LogP contribution in [0.1, 0.15) is 50.3 Å². The van der Waals surface area contributed by atoms with Crippen LogP contribution in [0.25, 0.3) is 11.0 Å². The van der Waals surface area contributed by atoms with Gasteiger partial charge in [-0.15, -0.1) is 0 Å². The Bertz CT molecular complexity index is 807. The topological polar surface area (TPSA) is 75.4 Å². The molecule has 1 atom stereocenters. The minimum atomic E-state index is -0.891. The third kappa shape index (κ3) is 3.01. The van der Waals surface area contributed by atoms with E-state index >= 15 is 0 Å². The fraction of sp³-hybridized carbons (Fsp3) is 0.526. The summed E-state index contributed by atoms with van der Waals surface area (Å²) in [4.78, 5) is 30.6. The third-order valence-electron chi connectivity index (χ3n) is 5.52. The van der Waals surface area contributed by atoms with Crippen LogP contribution in [0.3, 0.4) is 0 Å². The molecule has 2 aromatic rings. The Morgan fingerprint density at radius 1 is 1.20 bits per heavy atom. The van der Waals surface area contributed by atoms with Crippen LogP contribution in [0.2, 0.25) is 0 Å². The molecule has 0 bridgehead atoms. The van der Waals surface area contributed by atoms with Gasteiger partial charge in [0.1, 0.15) is 12.4 Å². The number of imidazole rings is 1. The predicted molar refractivity (Wildman–Crippen MR) is 93.3 cm³/mol. The van der Waals surface area contributed by atoms with E-state index in [0.717, 1.165) is 29.7 Å². The SMILES string of the molecule is O=C(O)Cn1c([C@@H]2CC(=O)N(C3CCCCC3)C2)nc2ccccc21. The molecule has 1 aliphatic heterocycles. The Hall–Kier alpha value is -2.37. The Labute approximate surface area is 146 Å². The molecule has 0 spiro atoms. The summed E-state index contributed by atoms with van der Waals surface area (Å²) in [5.74, 6) is 0.000121. The van der Waals surface area contributed by atoms with Gasteiger partial charge in [-0.1, -0.05) is 31.4 Å². The second kappa shape index (κ2) is 6.50. The largest absolute Gasteiger partial charge is 0.480 e. The molecule has 2 aliphatic rings. The lowest BCUT2D eigenvalue weighted by atomic mass is 9.94. The molecule has 1 aromatic carbocycles. The van der Waals surface area contributed by atoms with Crippen molar-refractivity contribution in [2.75, 3.05) is 6.54 Å². The quantitative estimate of drug-likeness (QED) is 0.928. The Morgan fingerprint density at radius 2 is 1.96 bits per heavy atom. The van der Waals surface area contributed by atoms with Gasteiger partial charge in [0.15, 0.2) is 0 Å². The molecule has 132 valence electrons. The van der Waals surface area contributed by atoms with E-state index in [1.165, 1.54) is 19.3 Å². The molecule has 1 aromatic heterocycles. The highest BCUT2D eigenvalue weighted by atomic mass is 16.4. The second-order valence-electron chi connectivity index (χ2n) is 7.18. The number of carbonyl (C=O) groups is 2. The molecule has 1 N–H and O–H groups in total. The smallest absolute Gasteiger partial charge is 0.323 e. The number of hydrogen-bond acceptors (Lipinski definition) is 3. The van der Waals surface area contributed by atoms with Crippen LogP contribution in [0.15, 0.2) is 24.3 Å². The fourth-order valence-corrected chi connectivity index (χ4v) is 4.36. The minimum absolute atomic E-state index is 0.0267. The Balaban J connectivity index is 1.65. The summed E-state index contributed by atoms with van der Waals surface area (Å²) in [6, 6.07) is 7.93. The third-order valence-corrected chi connectivity index (χ3v) is 5.52. The highest BCUT2D eigenvalue weighted by molar-refractivity contribution is 5.82. The van der Waals surface area contributed by atoms with Gasteiger partial charge in [-0.3, -0.25) is 9.59 Å². The number of rotatable bonds is 4. The molecule has 1 amide bonds. The van der Waals surface area contributed by atoms with Gasteiger partial charge < -0.3 is 14.6 Å². The number of nitrogens with zero attached hydrogens (tertiary/aromatic N) is 3. The van der Waals surface area contributed by atoms with E-state index in [2.05, 4.69) is 4.98 Å². The number of aliphatic carboxylic acids is 1. The van der Waals surface area contributed by atoms with Crippen LogP contribution >= 0.6 is 0 Å². The van der Waals surface area contributed by atoms with Crippen molar-refractivity contribution in [1.82, 2.24) is 14.5 Å². The molecular weight excluding hydrogens is 318 g/mol. The summed E-state index contributed by atoms with van der Waals surface area (Å²) >= 11 is 0. The van der Waals surface area contributed by atoms with Gasteiger partial charge in [-0.25, -0.2) is 4.98 Å². The van der Waals surface area contributed by atoms with Gasteiger partial charge in [0.05, 0.1) is 11.0 Å². The van der Waals surface area contributed by atoms with E-state index in [1.807, 2.05) is 29.2 Å². The van der Waals surface area contributed by atoms with Gasteiger partial charge in [0.2, 0.25) is 5.91 Å². The first-order chi connectivity index (χ1) is 12.1. The van der Waals surface area contributed by atoms with E-state index in [0.29, 0.717) is 19.0 Å². The number of benzene rings is 1. The van der Waals surface area contributed by atoms with Crippen molar-refractivity contribution in [3.8, 4) is 0 Å². The maximum absolute atomic E-state index is 12.6. The zero-order valence-electron chi connectivity index (χ0n) is 14.2. The first kappa shape index (κ1) is 16.1. The number of amides is 1. The summed E-state index contributed by atoms with van der Waals surface area (Å²) in [5.41, 5.74) is 1.62. The number of carbonyl (C=O) groups excluding carboxylic acids is 1. The molecule has 6 heteroatoms. The monoisotopic (exact) mass is 341 g/mol. The average molecular weight is 341 g/mol. The van der Waals surface area contributed by atoms with Gasteiger partial charge in [-0.05, 0) is 25.0 Å². The first-order valence-corrected chi connectivity index (χ1v) is 9.10. The lowest BCUT2D eigenvalue weighted by Gasteiger charge is -2.31. The van der Waals surface area contributed by atoms with Crippen molar-refractivity contribution < 1.29 is 14.7 Å². The van der Waals surface area contributed by atoms with Crippen molar-refractivity contribution in [3.05, 3.63) is 30.1 Å². The minimum Gasteiger partial charge on any atom is -0.480 e. The number of para-hydroxylation sites is 2. The maximum Gasteiger partial charge on any atom is 0.323 e. The molecule has 4 rings (SSSR count). The summed E-state index contributed by atoms with van der Waals surface area (Å²) in [5, 5.41) is 9.29. The molecule has 6 nitrogen and oxygen atoms in total. The van der Waals surface area contributed by atoms with Crippen molar-refractivity contribution in [1.29, 1.82) is 0 Å². The molecule has 2 fully saturated rings.